The highest BCUT2D eigenvalue weighted by Gasteiger charge is 2.35. The van der Waals surface area contributed by atoms with E-state index in [4.69, 9.17) is 9.47 Å². The molecule has 0 radical (unpaired) electrons. The molecule has 1 aliphatic rings. The molecular formula is C21H23NO3. The van der Waals surface area contributed by atoms with Gasteiger partial charge in [0, 0.05) is 19.2 Å². The number of carbonyl (C=O) groups excluding carboxylic acids is 1. The van der Waals surface area contributed by atoms with Crippen molar-refractivity contribution in [1.82, 2.24) is 0 Å². The fraction of sp³-hybridized carbons (Fsp3) is 0.286. The average Bonchev–Trinajstić information content (AvgIpc) is 2.67. The fourth-order valence-electron chi connectivity index (χ4n) is 3.19. The molecule has 4 nitrogen and oxygen atoms in total. The van der Waals surface area contributed by atoms with Gasteiger partial charge in [0.2, 0.25) is 5.91 Å². The number of hydrogen-bond donors (Lipinski definition) is 0. The van der Waals surface area contributed by atoms with Crippen LogP contribution in [0.2, 0.25) is 0 Å². The number of piperidine rings is 1. The Hall–Kier alpha value is -2.59. The smallest absolute Gasteiger partial charge is 0.227 e. The van der Waals surface area contributed by atoms with Gasteiger partial charge in [-0.15, -0.1) is 0 Å². The molecule has 130 valence electrons. The maximum absolute atomic E-state index is 12.6. The average molecular weight is 337 g/mol. The normalized spacial score (nSPS) is 20.9. The van der Waals surface area contributed by atoms with Crippen molar-refractivity contribution < 1.29 is 14.3 Å². The van der Waals surface area contributed by atoms with Crippen molar-refractivity contribution in [1.29, 1.82) is 0 Å². The molecule has 25 heavy (non-hydrogen) atoms. The number of methoxy groups -OCH3 is 2. The molecule has 0 aliphatic carbocycles. The zero-order valence-electron chi connectivity index (χ0n) is 14.6. The number of ether oxygens (including phenoxy) is 2. The van der Waals surface area contributed by atoms with Crippen LogP contribution < -0.4 is 9.64 Å². The molecule has 1 saturated heterocycles. The maximum Gasteiger partial charge on any atom is 0.227 e. The Bertz CT molecular complexity index is 725. The topological polar surface area (TPSA) is 38.8 Å². The van der Waals surface area contributed by atoms with Crippen LogP contribution in [0.3, 0.4) is 0 Å². The Morgan fingerprint density at radius 2 is 1.76 bits per heavy atom. The number of amides is 1. The molecule has 0 N–H and O–H groups in total. The van der Waals surface area contributed by atoms with Crippen LogP contribution in [-0.2, 0) is 9.53 Å². The molecule has 0 saturated carbocycles. The predicted molar refractivity (Wildman–Crippen MR) is 99.8 cm³/mol. The second-order valence-corrected chi connectivity index (χ2v) is 6.03. The summed E-state index contributed by atoms with van der Waals surface area (Å²) in [4.78, 5) is 14.5. The third kappa shape index (κ3) is 3.91. The third-order valence-corrected chi connectivity index (χ3v) is 4.53. The lowest BCUT2D eigenvalue weighted by Gasteiger charge is -2.39. The molecule has 0 spiro atoms. The lowest BCUT2D eigenvalue weighted by molar-refractivity contribution is -0.122. The van der Waals surface area contributed by atoms with Crippen LogP contribution in [0.4, 0.5) is 5.69 Å². The second-order valence-electron chi connectivity index (χ2n) is 6.03. The summed E-state index contributed by atoms with van der Waals surface area (Å²) in [7, 11) is 3.34. The molecule has 1 unspecified atom stereocenters. The molecule has 2 aromatic carbocycles. The van der Waals surface area contributed by atoms with Gasteiger partial charge in [0.25, 0.3) is 0 Å². The lowest BCUT2D eigenvalue weighted by Crippen LogP contribution is -2.51. The zero-order valence-corrected chi connectivity index (χ0v) is 14.6. The highest BCUT2D eigenvalue weighted by molar-refractivity contribution is 5.95. The number of nitrogens with zero attached hydrogens (tertiary/aromatic N) is 1. The van der Waals surface area contributed by atoms with Crippen molar-refractivity contribution in [3.8, 4) is 5.75 Å². The summed E-state index contributed by atoms with van der Waals surface area (Å²) in [6.07, 6.45) is 5.29. The second kappa shape index (κ2) is 7.99. The summed E-state index contributed by atoms with van der Waals surface area (Å²) in [5, 5.41) is 0. The van der Waals surface area contributed by atoms with E-state index in [9.17, 15) is 4.79 Å². The van der Waals surface area contributed by atoms with Crippen LogP contribution in [0.1, 0.15) is 18.4 Å². The first-order valence-corrected chi connectivity index (χ1v) is 8.45. The Kier molecular flexibility index (Phi) is 5.51. The fourth-order valence-corrected chi connectivity index (χ4v) is 3.19. The Labute approximate surface area is 148 Å². The van der Waals surface area contributed by atoms with Crippen molar-refractivity contribution in [2.24, 2.45) is 0 Å². The quantitative estimate of drug-likeness (QED) is 0.830. The Morgan fingerprint density at radius 1 is 1.04 bits per heavy atom. The van der Waals surface area contributed by atoms with Gasteiger partial charge in [0.05, 0.1) is 19.3 Å². The van der Waals surface area contributed by atoms with Gasteiger partial charge in [0.15, 0.2) is 0 Å². The van der Waals surface area contributed by atoms with Crippen LogP contribution in [0.25, 0.3) is 6.08 Å². The minimum Gasteiger partial charge on any atom is -0.497 e. The van der Waals surface area contributed by atoms with E-state index < -0.39 is 0 Å². The standard InChI is InChI=1S/C21H23NO3/c1-24-18-11-9-17(10-12-18)22-19(20(25-2)14-15-21(22)23)13-8-16-6-4-3-5-7-16/h3-13,19-20H,14-15H2,1-2H3/b13-8+/t19?,20-/m0/s1. The molecule has 1 heterocycles. The minimum atomic E-state index is -0.139. The third-order valence-electron chi connectivity index (χ3n) is 4.53. The van der Waals surface area contributed by atoms with E-state index in [0.717, 1.165) is 23.4 Å². The first-order valence-electron chi connectivity index (χ1n) is 8.45. The molecule has 4 heteroatoms. The first-order chi connectivity index (χ1) is 12.2. The Morgan fingerprint density at radius 3 is 2.40 bits per heavy atom. The van der Waals surface area contributed by atoms with E-state index in [-0.39, 0.29) is 18.1 Å². The molecule has 0 aromatic heterocycles. The van der Waals surface area contributed by atoms with Crippen LogP contribution in [0.15, 0.2) is 60.7 Å². The van der Waals surface area contributed by atoms with E-state index in [1.165, 1.54) is 0 Å². The molecular weight excluding hydrogens is 314 g/mol. The Balaban J connectivity index is 1.92. The van der Waals surface area contributed by atoms with E-state index in [0.29, 0.717) is 6.42 Å². The van der Waals surface area contributed by atoms with Crippen molar-refractivity contribution in [3.63, 3.8) is 0 Å². The summed E-state index contributed by atoms with van der Waals surface area (Å²) < 4.78 is 10.9. The number of anilines is 1. The predicted octanol–water partition coefficient (Wildman–Crippen LogP) is 3.92. The number of benzene rings is 2. The molecule has 1 amide bonds. The molecule has 0 bridgehead atoms. The molecule has 2 atom stereocenters. The van der Waals surface area contributed by atoms with Gasteiger partial charge in [-0.25, -0.2) is 0 Å². The van der Waals surface area contributed by atoms with Gasteiger partial charge in [-0.2, -0.15) is 0 Å². The van der Waals surface area contributed by atoms with Gasteiger partial charge in [-0.1, -0.05) is 42.5 Å². The van der Waals surface area contributed by atoms with E-state index in [2.05, 4.69) is 6.08 Å². The first kappa shape index (κ1) is 17.2. The van der Waals surface area contributed by atoms with Crippen molar-refractivity contribution in [3.05, 3.63) is 66.2 Å². The lowest BCUT2D eigenvalue weighted by atomic mass is 9.96. The molecule has 1 aliphatic heterocycles. The van der Waals surface area contributed by atoms with E-state index in [1.54, 1.807) is 14.2 Å². The van der Waals surface area contributed by atoms with Crippen molar-refractivity contribution in [2.45, 2.75) is 25.0 Å². The molecule has 1 fully saturated rings. The van der Waals surface area contributed by atoms with Crippen LogP contribution in [0.5, 0.6) is 5.75 Å². The van der Waals surface area contributed by atoms with Gasteiger partial charge in [0.1, 0.15) is 5.75 Å². The molecule has 3 rings (SSSR count). The highest BCUT2D eigenvalue weighted by Crippen LogP contribution is 2.30. The van der Waals surface area contributed by atoms with Gasteiger partial charge in [-0.3, -0.25) is 4.79 Å². The maximum atomic E-state index is 12.6. The largest absolute Gasteiger partial charge is 0.497 e. The van der Waals surface area contributed by atoms with Crippen LogP contribution in [-0.4, -0.2) is 32.3 Å². The van der Waals surface area contributed by atoms with Crippen molar-refractivity contribution >= 4 is 17.7 Å². The van der Waals surface area contributed by atoms with Gasteiger partial charge in [-0.05, 0) is 36.2 Å². The van der Waals surface area contributed by atoms with Crippen LogP contribution >= 0.6 is 0 Å². The minimum absolute atomic E-state index is 0.0280. The monoisotopic (exact) mass is 337 g/mol. The summed E-state index contributed by atoms with van der Waals surface area (Å²) in [6.45, 7) is 0. The van der Waals surface area contributed by atoms with E-state index >= 15 is 0 Å². The summed E-state index contributed by atoms with van der Waals surface area (Å²) in [5.41, 5.74) is 1.96. The summed E-state index contributed by atoms with van der Waals surface area (Å²) >= 11 is 0. The molecule has 2 aromatic rings. The van der Waals surface area contributed by atoms with Gasteiger partial charge >= 0.3 is 0 Å². The van der Waals surface area contributed by atoms with E-state index in [1.807, 2.05) is 65.6 Å². The zero-order chi connectivity index (χ0) is 17.6. The van der Waals surface area contributed by atoms with Gasteiger partial charge < -0.3 is 14.4 Å². The number of rotatable bonds is 5. The number of carbonyl (C=O) groups is 1. The van der Waals surface area contributed by atoms with Crippen molar-refractivity contribution in [2.75, 3.05) is 19.1 Å². The highest BCUT2D eigenvalue weighted by atomic mass is 16.5. The summed E-state index contributed by atoms with van der Waals surface area (Å²) in [6, 6.07) is 17.5. The summed E-state index contributed by atoms with van der Waals surface area (Å²) in [5.74, 6) is 0.883. The number of hydrogen-bond acceptors (Lipinski definition) is 3. The SMILES string of the molecule is COc1ccc(N2C(=O)CC[C@H](OC)C2/C=C/c2ccccc2)cc1. The van der Waals surface area contributed by atoms with Crippen LogP contribution in [0, 0.1) is 0 Å².